The van der Waals surface area contributed by atoms with Crippen LogP contribution in [0.3, 0.4) is 0 Å². The fourth-order valence-electron chi connectivity index (χ4n) is 9.21. The fraction of sp³-hybridized carbons (Fsp3) is 0.250. The molecule has 8 aromatic rings. The van der Waals surface area contributed by atoms with Crippen LogP contribution < -0.4 is 42.2 Å². The Kier molecular flexibility index (Phi) is 11.0. The van der Waals surface area contributed by atoms with Crippen molar-refractivity contribution in [1.29, 1.82) is 0 Å². The minimum atomic E-state index is -0.622. The molecular formula is C48H44F2N14O6. The maximum absolute atomic E-state index is 15.3. The maximum Gasteiger partial charge on any atom is 0.413 e. The average molecular weight is 951 g/mol. The lowest BCUT2D eigenvalue weighted by atomic mass is 9.97. The number of hydrogen-bond acceptors (Lipinski definition) is 16. The molecule has 4 aliphatic rings. The first kappa shape index (κ1) is 43.7. The summed E-state index contributed by atoms with van der Waals surface area (Å²) in [5.41, 5.74) is 17.1. The SMILES string of the molecule is Cc1c(-c2cc3cc(NC(=O)O[C@@H]4Cc5nccn5C4)ncc3c(N)c2F)cnc2c1NCCO2.Cc1c(-c2cc3cc(NC(=O)O[C@H]4Cc5nccn5C4)ncc3c(N)c2F)cnc2c1NCCO2. The lowest BCUT2D eigenvalue weighted by Crippen LogP contribution is -2.24. The number of nitrogens with one attached hydrogen (secondary N) is 4. The minimum absolute atomic E-state index is 0.0270. The largest absolute Gasteiger partial charge is 0.474 e. The van der Waals surface area contributed by atoms with Crippen LogP contribution in [0.15, 0.2) is 73.8 Å². The Labute approximate surface area is 396 Å². The van der Waals surface area contributed by atoms with E-state index in [0.29, 0.717) is 108 Å². The van der Waals surface area contributed by atoms with Gasteiger partial charge in [-0.15, -0.1) is 0 Å². The fourth-order valence-corrected chi connectivity index (χ4v) is 9.21. The van der Waals surface area contributed by atoms with E-state index >= 15 is 8.78 Å². The van der Waals surface area contributed by atoms with Gasteiger partial charge in [0.1, 0.15) is 60.1 Å². The molecule has 4 aliphatic heterocycles. The molecule has 6 aromatic heterocycles. The number of imidazole rings is 2. The molecule has 10 heterocycles. The molecule has 0 spiro atoms. The molecule has 70 heavy (non-hydrogen) atoms. The van der Waals surface area contributed by atoms with E-state index < -0.39 is 23.8 Å². The van der Waals surface area contributed by atoms with Crippen LogP contribution in [0.5, 0.6) is 11.8 Å². The van der Waals surface area contributed by atoms with Gasteiger partial charge in [-0.2, -0.15) is 0 Å². The number of nitrogen functional groups attached to an aromatic ring is 2. The Morgan fingerprint density at radius 3 is 1.51 bits per heavy atom. The van der Waals surface area contributed by atoms with Crippen molar-refractivity contribution >= 4 is 68.1 Å². The Morgan fingerprint density at radius 1 is 0.643 bits per heavy atom. The summed E-state index contributed by atoms with van der Waals surface area (Å²) in [6.07, 6.45) is 12.4. The van der Waals surface area contributed by atoms with Crippen LogP contribution in [0, 0.1) is 25.5 Å². The average Bonchev–Trinajstić information content (AvgIpc) is 4.16. The number of nitrogens with two attached hydrogens (primary N) is 2. The number of nitrogens with zero attached hydrogens (tertiary/aromatic N) is 8. The highest BCUT2D eigenvalue weighted by Crippen LogP contribution is 2.41. The normalized spacial score (nSPS) is 16.2. The predicted molar refractivity (Wildman–Crippen MR) is 256 cm³/mol. The van der Waals surface area contributed by atoms with Crippen LogP contribution in [-0.2, 0) is 35.4 Å². The summed E-state index contributed by atoms with van der Waals surface area (Å²) < 4.78 is 56.7. The molecular weight excluding hydrogens is 907 g/mol. The molecule has 0 aliphatic carbocycles. The van der Waals surface area contributed by atoms with E-state index in [1.807, 2.05) is 35.4 Å². The first-order chi connectivity index (χ1) is 33.9. The van der Waals surface area contributed by atoms with Crippen molar-refractivity contribution in [1.82, 2.24) is 39.0 Å². The third-order valence-corrected chi connectivity index (χ3v) is 12.7. The van der Waals surface area contributed by atoms with Crippen LogP contribution in [0.4, 0.5) is 52.8 Å². The highest BCUT2D eigenvalue weighted by Gasteiger charge is 2.28. The first-order valence-electron chi connectivity index (χ1n) is 22.4. The first-order valence-corrected chi connectivity index (χ1v) is 22.4. The molecule has 12 rings (SSSR count). The van der Waals surface area contributed by atoms with Crippen molar-refractivity contribution in [2.24, 2.45) is 0 Å². The summed E-state index contributed by atoms with van der Waals surface area (Å²) in [6, 6.07) is 6.63. The molecule has 0 radical (unpaired) electrons. The Balaban J connectivity index is 0.000000152. The van der Waals surface area contributed by atoms with Crippen LogP contribution in [0.1, 0.15) is 22.8 Å². The van der Waals surface area contributed by atoms with Gasteiger partial charge < -0.3 is 50.2 Å². The highest BCUT2D eigenvalue weighted by atomic mass is 19.1. The van der Waals surface area contributed by atoms with Crippen LogP contribution in [0.2, 0.25) is 0 Å². The molecule has 0 unspecified atom stereocenters. The molecule has 2 aromatic carbocycles. The molecule has 356 valence electrons. The van der Waals surface area contributed by atoms with Gasteiger partial charge in [-0.3, -0.25) is 10.6 Å². The van der Waals surface area contributed by atoms with Gasteiger partial charge in [0.05, 0.1) is 24.5 Å². The second kappa shape index (κ2) is 17.7. The summed E-state index contributed by atoms with van der Waals surface area (Å²) in [5, 5.41) is 13.9. The van der Waals surface area contributed by atoms with Gasteiger partial charge in [0, 0.05) is 109 Å². The number of benzene rings is 2. The van der Waals surface area contributed by atoms with Gasteiger partial charge in [-0.05, 0) is 60.0 Å². The van der Waals surface area contributed by atoms with E-state index in [0.717, 1.165) is 34.2 Å². The van der Waals surface area contributed by atoms with E-state index in [4.69, 9.17) is 30.4 Å². The van der Waals surface area contributed by atoms with E-state index in [-0.39, 0.29) is 35.2 Å². The van der Waals surface area contributed by atoms with Crippen molar-refractivity contribution in [3.8, 4) is 34.0 Å². The standard InChI is InChI=1S/2C24H22FN7O3/c2*1-12-16(9-30-23-22(12)28-3-5-34-23)15-6-13-7-18(29-10-17(13)21(26)20(15)25)31-24(33)35-14-8-19-27-2-4-32(19)11-14/h2*2,4,6-7,9-10,14,28H,3,5,8,11,26H2,1H3,(H,29,31,33)/t2*14-/m10/s1. The zero-order valence-electron chi connectivity index (χ0n) is 37.7. The van der Waals surface area contributed by atoms with E-state index in [9.17, 15) is 9.59 Å². The maximum atomic E-state index is 15.3. The molecule has 0 saturated heterocycles. The van der Waals surface area contributed by atoms with Crippen LogP contribution >= 0.6 is 0 Å². The zero-order chi connectivity index (χ0) is 48.2. The third kappa shape index (κ3) is 8.11. The number of hydrogen-bond donors (Lipinski definition) is 6. The number of ether oxygens (including phenoxy) is 4. The minimum Gasteiger partial charge on any atom is -0.474 e. The van der Waals surface area contributed by atoms with Crippen LogP contribution in [0.25, 0.3) is 43.8 Å². The number of amides is 2. The molecule has 22 heteroatoms. The summed E-state index contributed by atoms with van der Waals surface area (Å²) in [6.45, 7) is 7.19. The van der Waals surface area contributed by atoms with E-state index in [1.54, 1.807) is 49.1 Å². The molecule has 2 atom stereocenters. The predicted octanol–water partition coefficient (Wildman–Crippen LogP) is 7.00. The number of carbonyl (C=O) groups is 2. The third-order valence-electron chi connectivity index (χ3n) is 12.7. The van der Waals surface area contributed by atoms with Crippen molar-refractivity contribution in [2.75, 3.05) is 59.0 Å². The number of rotatable bonds is 6. The van der Waals surface area contributed by atoms with Gasteiger partial charge in [0.2, 0.25) is 11.8 Å². The zero-order valence-corrected chi connectivity index (χ0v) is 37.7. The number of pyridine rings is 4. The number of carbonyl (C=O) groups excluding carboxylic acids is 2. The van der Waals surface area contributed by atoms with Gasteiger partial charge in [0.25, 0.3) is 0 Å². The molecule has 20 nitrogen and oxygen atoms in total. The monoisotopic (exact) mass is 950 g/mol. The molecule has 8 N–H and O–H groups in total. The highest BCUT2D eigenvalue weighted by molar-refractivity contribution is 6.01. The molecule has 2 amide bonds. The quantitative estimate of drug-likeness (QED) is 0.0917. The van der Waals surface area contributed by atoms with Gasteiger partial charge in [0.15, 0.2) is 11.6 Å². The molecule has 0 bridgehead atoms. The number of fused-ring (bicyclic) bond motifs is 6. The number of halogens is 2. The van der Waals surface area contributed by atoms with Crippen molar-refractivity contribution < 1.29 is 37.3 Å². The van der Waals surface area contributed by atoms with Gasteiger partial charge in [-0.1, -0.05) is 0 Å². The Morgan fingerprint density at radius 2 is 1.09 bits per heavy atom. The van der Waals surface area contributed by atoms with Crippen molar-refractivity contribution in [2.45, 2.75) is 52.0 Å². The second-order valence-corrected chi connectivity index (χ2v) is 17.1. The number of anilines is 6. The van der Waals surface area contributed by atoms with Crippen molar-refractivity contribution in [3.63, 3.8) is 0 Å². The lowest BCUT2D eigenvalue weighted by Gasteiger charge is -2.22. The summed E-state index contributed by atoms with van der Waals surface area (Å²) in [4.78, 5) is 50.5. The summed E-state index contributed by atoms with van der Waals surface area (Å²) in [7, 11) is 0. The molecule has 0 saturated carbocycles. The van der Waals surface area contributed by atoms with Gasteiger partial charge >= 0.3 is 12.2 Å². The second-order valence-electron chi connectivity index (χ2n) is 17.1. The summed E-state index contributed by atoms with van der Waals surface area (Å²) >= 11 is 0. The lowest BCUT2D eigenvalue weighted by molar-refractivity contribution is 0.110. The molecule has 0 fully saturated rings. The van der Waals surface area contributed by atoms with E-state index in [1.165, 1.54) is 12.4 Å². The van der Waals surface area contributed by atoms with Crippen molar-refractivity contribution in [3.05, 3.63) is 108 Å². The smallest absolute Gasteiger partial charge is 0.413 e. The topological polar surface area (TPSA) is 258 Å². The van der Waals surface area contributed by atoms with E-state index in [2.05, 4.69) is 51.2 Å². The van der Waals surface area contributed by atoms with Gasteiger partial charge in [-0.25, -0.2) is 48.3 Å². The number of aromatic nitrogens is 8. The summed E-state index contributed by atoms with van der Waals surface area (Å²) in [5.74, 6) is 2.17. The Bertz CT molecular complexity index is 3150. The Hall–Kier alpha value is -8.82. The van der Waals surface area contributed by atoms with Crippen LogP contribution in [-0.4, -0.2) is 89.7 Å².